The molecule has 8 nitrogen and oxygen atoms in total. The maximum Gasteiger partial charge on any atom is 0.259 e. The van der Waals surface area contributed by atoms with Gasteiger partial charge in [-0.25, -0.2) is 4.98 Å². The van der Waals surface area contributed by atoms with Gasteiger partial charge in [0.15, 0.2) is 0 Å². The number of carbonyl (C=O) groups is 2. The molecular formula is C41H43ClFN5O3S2. The number of pyridine rings is 1. The number of fused-ring (bicyclic) bond motifs is 3. The number of amides is 1. The van der Waals surface area contributed by atoms with Crippen molar-refractivity contribution in [2.45, 2.75) is 31.1 Å². The quantitative estimate of drug-likeness (QED) is 0.125. The summed E-state index contributed by atoms with van der Waals surface area (Å²) >= 11 is 9.62. The number of aldehydes is 1. The number of rotatable bonds is 7. The van der Waals surface area contributed by atoms with Crippen LogP contribution in [0.1, 0.15) is 44.7 Å². The number of likely N-dealkylation sites (N-methyl/N-ethyl adjacent to an activating group) is 1. The average Bonchev–Trinajstić information content (AvgIpc) is 3.54. The number of thiophene rings is 1. The van der Waals surface area contributed by atoms with Gasteiger partial charge in [0.25, 0.3) is 5.91 Å². The van der Waals surface area contributed by atoms with Gasteiger partial charge in [-0.1, -0.05) is 41.9 Å². The second kappa shape index (κ2) is 17.6. The summed E-state index contributed by atoms with van der Waals surface area (Å²) in [6.07, 6.45) is 5.79. The van der Waals surface area contributed by atoms with E-state index in [0.29, 0.717) is 29.4 Å². The number of benzene rings is 3. The molecule has 8 rings (SSSR count). The van der Waals surface area contributed by atoms with Gasteiger partial charge in [0.2, 0.25) is 0 Å². The molecule has 0 bridgehead atoms. The van der Waals surface area contributed by atoms with Gasteiger partial charge in [-0.3, -0.25) is 14.0 Å². The van der Waals surface area contributed by atoms with Crippen molar-refractivity contribution in [3.05, 3.63) is 118 Å². The molecule has 3 aliphatic rings. The zero-order valence-corrected chi connectivity index (χ0v) is 32.4. The van der Waals surface area contributed by atoms with E-state index in [9.17, 15) is 14.0 Å². The molecule has 5 aromatic rings. The molecule has 276 valence electrons. The molecule has 2 fully saturated rings. The Bertz CT molecular complexity index is 2030. The highest BCUT2D eigenvalue weighted by Crippen LogP contribution is 2.44. The van der Waals surface area contributed by atoms with Gasteiger partial charge in [-0.05, 0) is 104 Å². The van der Waals surface area contributed by atoms with Crippen LogP contribution in [0.3, 0.4) is 0 Å². The first-order valence-corrected chi connectivity index (χ1v) is 19.5. The number of carbonyl (C=O) groups excluding carboxylic acids is 2. The summed E-state index contributed by atoms with van der Waals surface area (Å²) in [5.74, 6) is 0.549. The molecule has 0 atom stereocenters. The number of ether oxygens (including phenoxy) is 1. The fraction of sp³-hybridized carbons (Fsp3) is 0.293. The largest absolute Gasteiger partial charge is 0.381 e. The summed E-state index contributed by atoms with van der Waals surface area (Å²) < 4.78 is 18.4. The highest BCUT2D eigenvalue weighted by atomic mass is 35.5. The second-order valence-electron chi connectivity index (χ2n) is 13.3. The van der Waals surface area contributed by atoms with E-state index in [1.54, 1.807) is 42.4 Å². The van der Waals surface area contributed by atoms with Crippen LogP contribution in [0.4, 0.5) is 26.6 Å². The fourth-order valence-corrected chi connectivity index (χ4v) is 8.91. The number of nitrogens with one attached hydrogen (secondary N) is 2. The molecule has 53 heavy (non-hydrogen) atoms. The van der Waals surface area contributed by atoms with Gasteiger partial charge in [-0.15, -0.1) is 11.3 Å². The first-order valence-electron chi connectivity index (χ1n) is 17.5. The van der Waals surface area contributed by atoms with Crippen LogP contribution in [0.5, 0.6) is 0 Å². The lowest BCUT2D eigenvalue weighted by molar-refractivity contribution is -0.000509. The maximum atomic E-state index is 12.9. The SMILES string of the molecule is CF.CN1CCc2cc(NSc3ccccc3Cl)sc2-c2ccccc21.Cc1cnc(N2CC3(CCOCC3)C2)c(C(=O)Nc2ccc(C=O)cc2)c1. The summed E-state index contributed by atoms with van der Waals surface area (Å²) in [7, 11) is 2.67. The lowest BCUT2D eigenvalue weighted by Crippen LogP contribution is -2.59. The van der Waals surface area contributed by atoms with Crippen LogP contribution < -0.4 is 19.8 Å². The van der Waals surface area contributed by atoms with Gasteiger partial charge in [-0.2, -0.15) is 0 Å². The Hall–Kier alpha value is -4.42. The molecule has 5 heterocycles. The standard InChI is InChI=1S/C21H23N3O3.C19H17ClN2S2.CH3F/c1-15-10-18(20(26)23-17-4-2-16(12-25)3-5-17)19(22-11-15)24-13-21(14-24)6-8-27-9-7-21;1-22-11-10-13-12-18(21-24-17-9-5-3-7-15(17)20)23-19(13)14-6-2-4-8-16(14)22;1-2/h2-5,10-12H,6-9,13-14H2,1H3,(H,23,26);2-9,12,21H,10-11H2,1H3;1H3. The Morgan fingerprint density at radius 3 is 2.47 bits per heavy atom. The van der Waals surface area contributed by atoms with Crippen molar-refractivity contribution in [3.63, 3.8) is 0 Å². The van der Waals surface area contributed by atoms with Gasteiger partial charge >= 0.3 is 0 Å². The van der Waals surface area contributed by atoms with E-state index in [2.05, 4.69) is 62.2 Å². The first kappa shape index (κ1) is 38.3. The minimum Gasteiger partial charge on any atom is -0.381 e. The first-order chi connectivity index (χ1) is 25.8. The van der Waals surface area contributed by atoms with Crippen LogP contribution in [-0.4, -0.2) is 64.3 Å². The molecule has 2 saturated heterocycles. The van der Waals surface area contributed by atoms with Crippen LogP contribution in [0.15, 0.2) is 96.0 Å². The lowest BCUT2D eigenvalue weighted by Gasteiger charge is -2.53. The molecule has 0 unspecified atom stereocenters. The lowest BCUT2D eigenvalue weighted by atomic mass is 9.73. The molecule has 3 aliphatic heterocycles. The third kappa shape index (κ3) is 9.04. The van der Waals surface area contributed by atoms with Crippen LogP contribution >= 0.6 is 34.9 Å². The molecule has 2 aromatic heterocycles. The summed E-state index contributed by atoms with van der Waals surface area (Å²) in [5, 5.41) is 4.86. The van der Waals surface area contributed by atoms with Gasteiger partial charge < -0.3 is 24.6 Å². The number of alkyl halides is 1. The predicted molar refractivity (Wildman–Crippen MR) is 218 cm³/mol. The van der Waals surface area contributed by atoms with Gasteiger partial charge in [0.05, 0.1) is 22.8 Å². The zero-order chi connectivity index (χ0) is 37.4. The van der Waals surface area contributed by atoms with Crippen LogP contribution in [-0.2, 0) is 11.2 Å². The number of aryl methyl sites for hydroxylation is 1. The van der Waals surface area contributed by atoms with Gasteiger partial charge in [0, 0.05) is 83.8 Å². The summed E-state index contributed by atoms with van der Waals surface area (Å²) in [5.41, 5.74) is 7.12. The number of para-hydroxylation sites is 1. The molecule has 0 radical (unpaired) electrons. The minimum atomic E-state index is -0.187. The van der Waals surface area contributed by atoms with Crippen molar-refractivity contribution in [2.75, 3.05) is 66.9 Å². The normalized spacial score (nSPS) is 15.3. The summed E-state index contributed by atoms with van der Waals surface area (Å²) in [6, 6.07) is 27.5. The van der Waals surface area contributed by atoms with E-state index >= 15 is 0 Å². The average molecular weight is 772 g/mol. The van der Waals surface area contributed by atoms with Gasteiger partial charge in [0.1, 0.15) is 12.1 Å². The zero-order valence-electron chi connectivity index (χ0n) is 30.0. The van der Waals surface area contributed by atoms with E-state index < -0.39 is 0 Å². The van der Waals surface area contributed by atoms with E-state index in [4.69, 9.17) is 16.3 Å². The number of halogens is 2. The van der Waals surface area contributed by atoms with Crippen molar-refractivity contribution < 1.29 is 18.7 Å². The maximum absolute atomic E-state index is 12.9. The number of nitrogens with zero attached hydrogens (tertiary/aromatic N) is 3. The fourth-order valence-electron chi connectivity index (χ4n) is 6.79. The minimum absolute atomic E-state index is 0.187. The number of aromatic nitrogens is 1. The van der Waals surface area contributed by atoms with Crippen LogP contribution in [0.2, 0.25) is 5.02 Å². The van der Waals surface area contributed by atoms with Crippen LogP contribution in [0.25, 0.3) is 10.4 Å². The Balaban J connectivity index is 0.000000174. The Kier molecular flexibility index (Phi) is 12.7. The van der Waals surface area contributed by atoms with E-state index in [-0.39, 0.29) is 5.91 Å². The highest BCUT2D eigenvalue weighted by molar-refractivity contribution is 8.00. The van der Waals surface area contributed by atoms with E-state index in [1.807, 2.05) is 48.6 Å². The summed E-state index contributed by atoms with van der Waals surface area (Å²) in [6.45, 7) is 6.44. The molecule has 2 N–H and O–H groups in total. The van der Waals surface area contributed by atoms with E-state index in [1.165, 1.54) is 26.7 Å². The smallest absolute Gasteiger partial charge is 0.259 e. The van der Waals surface area contributed by atoms with E-state index in [0.717, 1.165) is 79.7 Å². The Morgan fingerprint density at radius 2 is 1.74 bits per heavy atom. The predicted octanol–water partition coefficient (Wildman–Crippen LogP) is 9.84. The van der Waals surface area contributed by atoms with Crippen molar-refractivity contribution in [1.29, 1.82) is 0 Å². The molecular weight excluding hydrogens is 729 g/mol. The third-order valence-electron chi connectivity index (χ3n) is 9.64. The number of hydrogen-bond acceptors (Lipinski definition) is 9. The monoisotopic (exact) mass is 771 g/mol. The number of anilines is 4. The second-order valence-corrected chi connectivity index (χ2v) is 15.6. The molecule has 12 heteroatoms. The molecule has 3 aromatic carbocycles. The Morgan fingerprint density at radius 1 is 1.02 bits per heavy atom. The van der Waals surface area contributed by atoms with Crippen molar-refractivity contribution >= 4 is 69.3 Å². The number of hydrogen-bond donors (Lipinski definition) is 2. The molecule has 0 aliphatic carbocycles. The molecule has 1 spiro atoms. The van der Waals surface area contributed by atoms with Crippen LogP contribution in [0, 0.1) is 12.3 Å². The molecule has 0 saturated carbocycles. The third-order valence-corrected chi connectivity index (χ3v) is 12.2. The summed E-state index contributed by atoms with van der Waals surface area (Å²) in [4.78, 5) is 35.2. The van der Waals surface area contributed by atoms with Crippen molar-refractivity contribution in [1.82, 2.24) is 4.98 Å². The molecule has 1 amide bonds. The Labute approximate surface area is 323 Å². The highest BCUT2D eigenvalue weighted by Gasteiger charge is 2.45. The topological polar surface area (TPSA) is 86.8 Å². The van der Waals surface area contributed by atoms with Crippen molar-refractivity contribution in [2.24, 2.45) is 5.41 Å². The van der Waals surface area contributed by atoms with Crippen molar-refractivity contribution in [3.8, 4) is 10.4 Å².